The maximum atomic E-state index is 12.2. The molecule has 2 amide bonds. The van der Waals surface area contributed by atoms with E-state index in [0.29, 0.717) is 13.1 Å². The minimum absolute atomic E-state index is 0.113. The Bertz CT molecular complexity index is 275. The van der Waals surface area contributed by atoms with Gasteiger partial charge in [-0.15, -0.1) is 0 Å². The molecule has 4 heteroatoms. The molecule has 1 aliphatic heterocycles. The first-order valence-corrected chi connectivity index (χ1v) is 6.64. The molecule has 1 fully saturated rings. The van der Waals surface area contributed by atoms with Gasteiger partial charge in [0.1, 0.15) is 0 Å². The van der Waals surface area contributed by atoms with Crippen molar-refractivity contribution in [1.29, 1.82) is 0 Å². The van der Waals surface area contributed by atoms with Crippen molar-refractivity contribution in [1.82, 2.24) is 9.80 Å². The molecule has 4 nitrogen and oxygen atoms in total. The van der Waals surface area contributed by atoms with E-state index in [2.05, 4.69) is 13.8 Å². The zero-order chi connectivity index (χ0) is 12.8. The SMILES string of the molecule is CCC(CC)C(=O)N1CCCN(C(C)=O)CC1. The largest absolute Gasteiger partial charge is 0.341 e. The van der Waals surface area contributed by atoms with Crippen LogP contribution in [0.2, 0.25) is 0 Å². The Morgan fingerprint density at radius 1 is 1.00 bits per heavy atom. The molecule has 0 radical (unpaired) electrons. The summed E-state index contributed by atoms with van der Waals surface area (Å²) in [5.41, 5.74) is 0. The second-order valence-electron chi connectivity index (χ2n) is 4.70. The van der Waals surface area contributed by atoms with Crippen LogP contribution in [0.25, 0.3) is 0 Å². The van der Waals surface area contributed by atoms with Gasteiger partial charge in [0.15, 0.2) is 0 Å². The molecule has 0 saturated carbocycles. The zero-order valence-electron chi connectivity index (χ0n) is 11.2. The molecule has 1 rings (SSSR count). The van der Waals surface area contributed by atoms with Crippen LogP contribution in [0.1, 0.15) is 40.0 Å². The van der Waals surface area contributed by atoms with Crippen molar-refractivity contribution >= 4 is 11.8 Å². The van der Waals surface area contributed by atoms with Gasteiger partial charge in [-0.25, -0.2) is 0 Å². The smallest absolute Gasteiger partial charge is 0.225 e. The van der Waals surface area contributed by atoms with Gasteiger partial charge in [-0.05, 0) is 19.3 Å². The first kappa shape index (κ1) is 14.0. The topological polar surface area (TPSA) is 40.6 Å². The molecule has 17 heavy (non-hydrogen) atoms. The summed E-state index contributed by atoms with van der Waals surface area (Å²) in [6.45, 7) is 8.66. The lowest BCUT2D eigenvalue weighted by Crippen LogP contribution is -2.39. The number of carbonyl (C=O) groups excluding carboxylic acids is 2. The second kappa shape index (κ2) is 6.62. The molecule has 0 N–H and O–H groups in total. The van der Waals surface area contributed by atoms with Crippen LogP contribution in [-0.2, 0) is 9.59 Å². The number of rotatable bonds is 3. The van der Waals surface area contributed by atoms with Gasteiger partial charge in [0.05, 0.1) is 0 Å². The first-order valence-electron chi connectivity index (χ1n) is 6.64. The minimum atomic E-state index is 0.113. The van der Waals surface area contributed by atoms with Crippen molar-refractivity contribution in [2.75, 3.05) is 26.2 Å². The Morgan fingerprint density at radius 3 is 2.06 bits per heavy atom. The molecule has 98 valence electrons. The minimum Gasteiger partial charge on any atom is -0.341 e. The van der Waals surface area contributed by atoms with Gasteiger partial charge >= 0.3 is 0 Å². The van der Waals surface area contributed by atoms with Crippen LogP contribution in [-0.4, -0.2) is 47.8 Å². The van der Waals surface area contributed by atoms with E-state index in [4.69, 9.17) is 0 Å². The summed E-state index contributed by atoms with van der Waals surface area (Å²) < 4.78 is 0. The Labute approximate surface area is 104 Å². The lowest BCUT2D eigenvalue weighted by Gasteiger charge is -2.25. The van der Waals surface area contributed by atoms with Crippen molar-refractivity contribution in [2.24, 2.45) is 5.92 Å². The average molecular weight is 240 g/mol. The van der Waals surface area contributed by atoms with Gasteiger partial charge < -0.3 is 9.80 Å². The van der Waals surface area contributed by atoms with Crippen molar-refractivity contribution in [3.05, 3.63) is 0 Å². The standard InChI is InChI=1S/C13H24N2O2/c1-4-12(5-2)13(17)15-8-6-7-14(9-10-15)11(3)16/h12H,4-10H2,1-3H3. The van der Waals surface area contributed by atoms with E-state index < -0.39 is 0 Å². The molecule has 0 bridgehead atoms. The molecule has 0 unspecified atom stereocenters. The van der Waals surface area contributed by atoms with E-state index in [1.54, 1.807) is 6.92 Å². The predicted octanol–water partition coefficient (Wildman–Crippen LogP) is 1.50. The maximum Gasteiger partial charge on any atom is 0.225 e. The van der Waals surface area contributed by atoms with Crippen molar-refractivity contribution in [2.45, 2.75) is 40.0 Å². The van der Waals surface area contributed by atoms with Gasteiger partial charge in [-0.3, -0.25) is 9.59 Å². The van der Waals surface area contributed by atoms with Crippen molar-refractivity contribution < 1.29 is 9.59 Å². The molecule has 1 saturated heterocycles. The third kappa shape index (κ3) is 3.72. The molecule has 0 atom stereocenters. The van der Waals surface area contributed by atoms with E-state index in [1.165, 1.54) is 0 Å². The molecule has 0 aromatic rings. The van der Waals surface area contributed by atoms with E-state index in [0.717, 1.165) is 32.4 Å². The fourth-order valence-electron chi connectivity index (χ4n) is 2.35. The third-order valence-corrected chi connectivity index (χ3v) is 3.59. The van der Waals surface area contributed by atoms with Gasteiger partial charge in [0, 0.05) is 39.0 Å². The fourth-order valence-corrected chi connectivity index (χ4v) is 2.35. The zero-order valence-corrected chi connectivity index (χ0v) is 11.2. The van der Waals surface area contributed by atoms with Crippen LogP contribution in [0, 0.1) is 5.92 Å². The van der Waals surface area contributed by atoms with Crippen LogP contribution in [0.5, 0.6) is 0 Å². The number of nitrogens with zero attached hydrogens (tertiary/aromatic N) is 2. The van der Waals surface area contributed by atoms with E-state index in [1.807, 2.05) is 9.80 Å². The van der Waals surface area contributed by atoms with E-state index in [9.17, 15) is 9.59 Å². The molecular weight excluding hydrogens is 216 g/mol. The molecule has 0 aromatic heterocycles. The Morgan fingerprint density at radius 2 is 1.53 bits per heavy atom. The lowest BCUT2D eigenvalue weighted by atomic mass is 10.0. The van der Waals surface area contributed by atoms with Crippen molar-refractivity contribution in [3.8, 4) is 0 Å². The number of amides is 2. The molecule has 0 spiro atoms. The summed E-state index contributed by atoms with van der Waals surface area (Å²) in [5, 5.41) is 0. The monoisotopic (exact) mass is 240 g/mol. The van der Waals surface area contributed by atoms with Crippen LogP contribution in [0.3, 0.4) is 0 Å². The Balaban J connectivity index is 2.56. The van der Waals surface area contributed by atoms with E-state index in [-0.39, 0.29) is 17.7 Å². The number of hydrogen-bond acceptors (Lipinski definition) is 2. The summed E-state index contributed by atoms with van der Waals surface area (Å²) >= 11 is 0. The summed E-state index contributed by atoms with van der Waals surface area (Å²) in [6.07, 6.45) is 2.70. The molecule has 0 aromatic carbocycles. The highest BCUT2D eigenvalue weighted by molar-refractivity contribution is 5.79. The highest BCUT2D eigenvalue weighted by Gasteiger charge is 2.24. The number of carbonyl (C=O) groups is 2. The van der Waals surface area contributed by atoms with Crippen LogP contribution in [0.15, 0.2) is 0 Å². The summed E-state index contributed by atoms with van der Waals surface area (Å²) in [4.78, 5) is 27.3. The normalized spacial score (nSPS) is 17.2. The van der Waals surface area contributed by atoms with Gasteiger partial charge in [0.2, 0.25) is 11.8 Å². The fraction of sp³-hybridized carbons (Fsp3) is 0.846. The number of hydrogen-bond donors (Lipinski definition) is 0. The van der Waals surface area contributed by atoms with Crippen LogP contribution < -0.4 is 0 Å². The Hall–Kier alpha value is -1.06. The van der Waals surface area contributed by atoms with Gasteiger partial charge in [-0.1, -0.05) is 13.8 Å². The van der Waals surface area contributed by atoms with Crippen LogP contribution in [0.4, 0.5) is 0 Å². The summed E-state index contributed by atoms with van der Waals surface area (Å²) in [6, 6.07) is 0. The molecular formula is C13H24N2O2. The molecule has 0 aliphatic carbocycles. The van der Waals surface area contributed by atoms with E-state index >= 15 is 0 Å². The van der Waals surface area contributed by atoms with Gasteiger partial charge in [-0.2, -0.15) is 0 Å². The summed E-state index contributed by atoms with van der Waals surface area (Å²) in [7, 11) is 0. The average Bonchev–Trinajstić information content (AvgIpc) is 2.55. The second-order valence-corrected chi connectivity index (χ2v) is 4.70. The molecule has 1 aliphatic rings. The predicted molar refractivity (Wildman–Crippen MR) is 67.5 cm³/mol. The third-order valence-electron chi connectivity index (χ3n) is 3.59. The first-order chi connectivity index (χ1) is 8.10. The highest BCUT2D eigenvalue weighted by atomic mass is 16.2. The van der Waals surface area contributed by atoms with Crippen molar-refractivity contribution in [3.63, 3.8) is 0 Å². The maximum absolute atomic E-state index is 12.2. The van der Waals surface area contributed by atoms with Crippen LogP contribution >= 0.6 is 0 Å². The Kier molecular flexibility index (Phi) is 5.45. The lowest BCUT2D eigenvalue weighted by molar-refractivity contribution is -0.136. The highest BCUT2D eigenvalue weighted by Crippen LogP contribution is 2.14. The molecule has 1 heterocycles. The quantitative estimate of drug-likeness (QED) is 0.750. The summed E-state index contributed by atoms with van der Waals surface area (Å²) in [5.74, 6) is 0.529. The van der Waals surface area contributed by atoms with Gasteiger partial charge in [0.25, 0.3) is 0 Å².